The zero-order valence-corrected chi connectivity index (χ0v) is 10.7. The van der Waals surface area contributed by atoms with Crippen LogP contribution in [0, 0.1) is 10.8 Å². The molecule has 0 unspecified atom stereocenters. The molecule has 2 rings (SSSR count). The van der Waals surface area contributed by atoms with Crippen molar-refractivity contribution in [2.75, 3.05) is 0 Å². The van der Waals surface area contributed by atoms with Gasteiger partial charge >= 0.3 is 0 Å². The van der Waals surface area contributed by atoms with Crippen LogP contribution in [0.5, 0.6) is 0 Å². The molecule has 1 aliphatic heterocycles. The van der Waals surface area contributed by atoms with Gasteiger partial charge in [-0.2, -0.15) is 0 Å². The van der Waals surface area contributed by atoms with Crippen LogP contribution in [0.1, 0.15) is 17.0 Å². The average molecular weight is 384 g/mol. The van der Waals surface area contributed by atoms with Crippen molar-refractivity contribution >= 4 is 53.4 Å². The van der Waals surface area contributed by atoms with Crippen molar-refractivity contribution in [3.8, 4) is 0 Å². The van der Waals surface area contributed by atoms with Crippen molar-refractivity contribution in [2.45, 2.75) is 6.92 Å². The molecule has 0 fully saturated rings. The Morgan fingerprint density at radius 2 is 2.25 bits per heavy atom. The first-order valence-electron chi connectivity index (χ1n) is 3.43. The van der Waals surface area contributed by atoms with Gasteiger partial charge in [0.1, 0.15) is 0 Å². The lowest BCUT2D eigenvalue weighted by Gasteiger charge is -2.06. The molecule has 0 bridgehead atoms. The largest absolute Gasteiger partial charge is 0.228 e. The summed E-state index contributed by atoms with van der Waals surface area (Å²) in [6.07, 6.45) is 2.15. The molecule has 0 saturated carbocycles. The molecule has 4 heteroatoms. The highest BCUT2D eigenvalue weighted by Gasteiger charge is 2.07. The van der Waals surface area contributed by atoms with Crippen molar-refractivity contribution in [1.29, 1.82) is 0 Å². The van der Waals surface area contributed by atoms with Gasteiger partial charge in [-0.15, -0.1) is 0 Å². The molecule has 2 heterocycles. The van der Waals surface area contributed by atoms with Crippen LogP contribution >= 0.6 is 43.3 Å². The number of hydrogen-bond donors (Lipinski definition) is 0. The second kappa shape index (κ2) is 3.49. The minimum Gasteiger partial charge on any atom is -0.228 e. The molecule has 0 spiro atoms. The van der Waals surface area contributed by atoms with Crippen LogP contribution < -0.4 is 0 Å². The molecule has 1 aromatic heterocycles. The van der Waals surface area contributed by atoms with E-state index in [0.717, 1.165) is 15.2 Å². The van der Waals surface area contributed by atoms with Gasteiger partial charge in [-0.1, -0.05) is 20.7 Å². The Morgan fingerprint density at radius 1 is 1.42 bits per heavy atom. The van der Waals surface area contributed by atoms with E-state index in [2.05, 4.69) is 46.7 Å². The highest BCUT2D eigenvalue weighted by molar-refractivity contribution is 14.2. The summed E-state index contributed by atoms with van der Waals surface area (Å²) >= 11 is 2.26. The maximum Gasteiger partial charge on any atom is 0.191 e. The Balaban J connectivity index is 2.71. The second-order valence-electron chi connectivity index (χ2n) is 2.40. The van der Waals surface area contributed by atoms with Crippen LogP contribution in [-0.2, 0) is 0 Å². The predicted molar refractivity (Wildman–Crippen MR) is 67.7 cm³/mol. The molecule has 0 atom stereocenters. The molecule has 62 valence electrons. The zero-order valence-electron chi connectivity index (χ0n) is 6.38. The minimum atomic E-state index is 0.101. The number of rotatable bonds is 0. The van der Waals surface area contributed by atoms with E-state index in [4.69, 9.17) is 0 Å². The van der Waals surface area contributed by atoms with Crippen LogP contribution in [0.4, 0.5) is 0 Å². The van der Waals surface area contributed by atoms with E-state index < -0.39 is 0 Å². The van der Waals surface area contributed by atoms with E-state index in [0.29, 0.717) is 0 Å². The SMILES string of the molecule is Cc1nc(I)nc2c1C=CI=C2. The summed E-state index contributed by atoms with van der Waals surface area (Å²) in [4.78, 5) is 8.67. The molecule has 2 nitrogen and oxygen atoms in total. The molecule has 1 aliphatic rings. The number of fused-ring (bicyclic) bond motifs is 1. The summed E-state index contributed by atoms with van der Waals surface area (Å²) in [5.74, 6) is 0. The molecule has 12 heavy (non-hydrogen) atoms. The van der Waals surface area contributed by atoms with E-state index in [1.54, 1.807) is 0 Å². The van der Waals surface area contributed by atoms with Gasteiger partial charge in [0.15, 0.2) is 3.83 Å². The summed E-state index contributed by atoms with van der Waals surface area (Å²) in [5, 5.41) is 0. The van der Waals surface area contributed by atoms with Crippen molar-refractivity contribution in [3.63, 3.8) is 0 Å². The summed E-state index contributed by atoms with van der Waals surface area (Å²) < 4.78 is 5.33. The molecule has 0 aliphatic carbocycles. The van der Waals surface area contributed by atoms with Crippen LogP contribution in [0.15, 0.2) is 4.08 Å². The fourth-order valence-corrected chi connectivity index (χ4v) is 3.26. The fourth-order valence-electron chi connectivity index (χ4n) is 1.05. The van der Waals surface area contributed by atoms with Gasteiger partial charge in [0, 0.05) is 33.8 Å². The number of nitrogens with zero attached hydrogens (tertiary/aromatic N) is 2. The molecular formula is C8H6I2N2. The van der Waals surface area contributed by atoms with E-state index >= 15 is 0 Å². The third-order valence-corrected chi connectivity index (χ3v) is 3.81. The monoisotopic (exact) mass is 384 g/mol. The van der Waals surface area contributed by atoms with Crippen LogP contribution in [0.25, 0.3) is 6.08 Å². The van der Waals surface area contributed by atoms with Crippen molar-refractivity contribution in [1.82, 2.24) is 9.97 Å². The predicted octanol–water partition coefficient (Wildman–Crippen LogP) is 2.49. The summed E-state index contributed by atoms with van der Waals surface area (Å²) in [6.45, 7) is 2.03. The summed E-state index contributed by atoms with van der Waals surface area (Å²) in [6, 6.07) is 0. The summed E-state index contributed by atoms with van der Waals surface area (Å²) in [7, 11) is 0. The average Bonchev–Trinajstić information content (AvgIpc) is 2.04. The first-order valence-corrected chi connectivity index (χ1v) is 7.00. The number of halogens is 2. The molecule has 0 aromatic carbocycles. The smallest absolute Gasteiger partial charge is 0.191 e. The van der Waals surface area contributed by atoms with Gasteiger partial charge in [-0.05, 0) is 21.1 Å². The molecule has 0 saturated heterocycles. The van der Waals surface area contributed by atoms with Gasteiger partial charge in [0.2, 0.25) is 0 Å². The van der Waals surface area contributed by atoms with Gasteiger partial charge in [-0.3, -0.25) is 0 Å². The maximum absolute atomic E-state index is 4.37. The third-order valence-electron chi connectivity index (χ3n) is 1.61. The van der Waals surface area contributed by atoms with Gasteiger partial charge in [0.05, 0.1) is 5.69 Å². The second-order valence-corrected chi connectivity index (χ2v) is 5.43. The Morgan fingerprint density at radius 3 is 3.08 bits per heavy atom. The highest BCUT2D eigenvalue weighted by atomic mass is 127. The van der Waals surface area contributed by atoms with Crippen molar-refractivity contribution < 1.29 is 0 Å². The molecule has 1 aromatic rings. The van der Waals surface area contributed by atoms with Crippen LogP contribution in [0.3, 0.4) is 0 Å². The number of aryl methyl sites for hydroxylation is 1. The highest BCUT2D eigenvalue weighted by Crippen LogP contribution is 2.20. The summed E-state index contributed by atoms with van der Waals surface area (Å²) in [5.41, 5.74) is 3.41. The van der Waals surface area contributed by atoms with Crippen LogP contribution in [-0.4, -0.2) is 14.0 Å². The topological polar surface area (TPSA) is 25.8 Å². The Hall–Kier alpha value is 0.150. The normalized spacial score (nSPS) is 13.8. The van der Waals surface area contributed by atoms with Crippen LogP contribution in [0.2, 0.25) is 0 Å². The minimum absolute atomic E-state index is 0.101. The van der Waals surface area contributed by atoms with Crippen molar-refractivity contribution in [2.24, 2.45) is 0 Å². The quantitative estimate of drug-likeness (QED) is 0.508. The van der Waals surface area contributed by atoms with E-state index in [1.165, 1.54) is 5.56 Å². The molecular weight excluding hydrogens is 378 g/mol. The fraction of sp³-hybridized carbons (Fsp3) is 0.125. The first-order chi connectivity index (χ1) is 5.77. The van der Waals surface area contributed by atoms with Gasteiger partial charge in [-0.25, -0.2) is 9.97 Å². The van der Waals surface area contributed by atoms with Gasteiger partial charge < -0.3 is 0 Å². The maximum atomic E-state index is 4.37. The van der Waals surface area contributed by atoms with E-state index in [-0.39, 0.29) is 20.7 Å². The standard InChI is InChI=1S/C8H6I2N2/c1-5-6-2-3-10-4-7(6)12-8(9)11-5/h2-4H,1H3. The first kappa shape index (κ1) is 8.74. The lowest BCUT2D eigenvalue weighted by Crippen LogP contribution is -2.02. The van der Waals surface area contributed by atoms with Gasteiger partial charge in [0.25, 0.3) is 0 Å². The van der Waals surface area contributed by atoms with E-state index in [9.17, 15) is 0 Å². The molecule has 0 radical (unpaired) electrons. The number of aromatic nitrogens is 2. The Labute approximate surface area is 94.4 Å². The van der Waals surface area contributed by atoms with E-state index in [1.807, 2.05) is 6.92 Å². The zero-order chi connectivity index (χ0) is 8.55. The lowest BCUT2D eigenvalue weighted by molar-refractivity contribution is 1.04. The number of hydrogen-bond acceptors (Lipinski definition) is 2. The lowest BCUT2D eigenvalue weighted by atomic mass is 10.2. The molecule has 0 N–H and O–H groups in total. The Kier molecular flexibility index (Phi) is 2.54. The Bertz CT molecular complexity index is 383. The van der Waals surface area contributed by atoms with Crippen molar-refractivity contribution in [3.05, 3.63) is 24.9 Å². The molecule has 0 amide bonds. The third kappa shape index (κ3) is 1.59.